The highest BCUT2D eigenvalue weighted by Gasteiger charge is 2.16. The first-order valence-electron chi connectivity index (χ1n) is 8.44. The molecule has 0 aliphatic heterocycles. The Kier molecular flexibility index (Phi) is 6.43. The van der Waals surface area contributed by atoms with Crippen molar-refractivity contribution < 1.29 is 13.2 Å². The van der Waals surface area contributed by atoms with Gasteiger partial charge in [-0.15, -0.1) is 23.1 Å². The molecule has 0 radical (unpaired) electrons. The zero-order valence-electron chi connectivity index (χ0n) is 15.5. The lowest BCUT2D eigenvalue weighted by molar-refractivity contribution is 0.0785. The zero-order chi connectivity index (χ0) is 20.1. The van der Waals surface area contributed by atoms with Crippen LogP contribution in [0.4, 0.5) is 5.69 Å². The number of thiophene rings is 1. The fourth-order valence-electron chi connectivity index (χ4n) is 2.60. The Morgan fingerprint density at radius 3 is 2.32 bits per heavy atom. The summed E-state index contributed by atoms with van der Waals surface area (Å²) in [5.41, 5.74) is 1.97. The summed E-state index contributed by atoms with van der Waals surface area (Å²) in [6, 6.07) is 17.8. The van der Waals surface area contributed by atoms with E-state index in [1.807, 2.05) is 30.5 Å². The van der Waals surface area contributed by atoms with Crippen molar-refractivity contribution in [2.45, 2.75) is 15.6 Å². The highest BCUT2D eigenvalue weighted by Crippen LogP contribution is 2.21. The third-order valence-electron chi connectivity index (χ3n) is 4.07. The SMILES string of the molecule is CSc1ccc(CN(C)C(=O)c2ccc(NS(=O)(=O)c3cccs3)cc2)cc1. The van der Waals surface area contributed by atoms with Crippen LogP contribution in [0.3, 0.4) is 0 Å². The molecular formula is C20H20N2O3S3. The molecule has 146 valence electrons. The number of nitrogens with zero attached hydrogens (tertiary/aromatic N) is 1. The van der Waals surface area contributed by atoms with E-state index in [-0.39, 0.29) is 10.1 Å². The Hall–Kier alpha value is -2.29. The first-order chi connectivity index (χ1) is 13.4. The topological polar surface area (TPSA) is 66.5 Å². The van der Waals surface area contributed by atoms with Gasteiger partial charge in [0.1, 0.15) is 4.21 Å². The summed E-state index contributed by atoms with van der Waals surface area (Å²) in [6.45, 7) is 0.500. The first kappa shape index (κ1) is 20.4. The summed E-state index contributed by atoms with van der Waals surface area (Å²) < 4.78 is 27.3. The molecule has 0 atom stereocenters. The number of carbonyl (C=O) groups is 1. The van der Waals surface area contributed by atoms with Gasteiger partial charge in [-0.2, -0.15) is 0 Å². The number of nitrogens with one attached hydrogen (secondary N) is 1. The number of sulfonamides is 1. The van der Waals surface area contributed by atoms with Crippen LogP contribution in [0, 0.1) is 0 Å². The van der Waals surface area contributed by atoms with Crippen LogP contribution in [0.1, 0.15) is 15.9 Å². The fourth-order valence-corrected chi connectivity index (χ4v) is 5.06. The predicted molar refractivity (Wildman–Crippen MR) is 116 cm³/mol. The quantitative estimate of drug-likeness (QED) is 0.557. The van der Waals surface area contributed by atoms with E-state index < -0.39 is 10.0 Å². The molecule has 0 saturated heterocycles. The molecule has 1 N–H and O–H groups in total. The van der Waals surface area contributed by atoms with E-state index >= 15 is 0 Å². The summed E-state index contributed by atoms with van der Waals surface area (Å²) in [5, 5.41) is 1.71. The number of hydrogen-bond acceptors (Lipinski definition) is 5. The molecule has 0 aliphatic carbocycles. The van der Waals surface area contributed by atoms with E-state index in [4.69, 9.17) is 0 Å². The Balaban J connectivity index is 1.65. The molecular weight excluding hydrogens is 412 g/mol. The maximum atomic E-state index is 12.6. The Labute approximate surface area is 173 Å². The van der Waals surface area contributed by atoms with Crippen LogP contribution in [0.15, 0.2) is 75.1 Å². The average molecular weight is 433 g/mol. The molecule has 2 aromatic carbocycles. The minimum atomic E-state index is -3.59. The van der Waals surface area contributed by atoms with Gasteiger partial charge in [-0.25, -0.2) is 8.42 Å². The highest BCUT2D eigenvalue weighted by atomic mass is 32.2. The standard InChI is InChI=1S/C20H20N2O3S3/c1-22(14-15-5-11-18(26-2)12-6-15)20(23)16-7-9-17(10-8-16)21-28(24,25)19-4-3-13-27-19/h3-13,21H,14H2,1-2H3. The molecule has 8 heteroatoms. The Bertz CT molecular complexity index is 1030. The number of anilines is 1. The van der Waals surface area contributed by atoms with Gasteiger partial charge in [-0.3, -0.25) is 9.52 Å². The highest BCUT2D eigenvalue weighted by molar-refractivity contribution is 7.98. The third kappa shape index (κ3) is 4.95. The molecule has 28 heavy (non-hydrogen) atoms. The summed E-state index contributed by atoms with van der Waals surface area (Å²) in [7, 11) is -1.85. The number of thioether (sulfide) groups is 1. The van der Waals surface area contributed by atoms with Gasteiger partial charge >= 0.3 is 0 Å². The molecule has 1 amide bonds. The molecule has 3 rings (SSSR count). The molecule has 0 bridgehead atoms. The summed E-state index contributed by atoms with van der Waals surface area (Å²) in [6.07, 6.45) is 2.02. The maximum absolute atomic E-state index is 12.6. The summed E-state index contributed by atoms with van der Waals surface area (Å²) in [4.78, 5) is 15.5. The largest absolute Gasteiger partial charge is 0.337 e. The van der Waals surface area contributed by atoms with Crippen LogP contribution in [0.25, 0.3) is 0 Å². The van der Waals surface area contributed by atoms with E-state index in [2.05, 4.69) is 4.72 Å². The summed E-state index contributed by atoms with van der Waals surface area (Å²) >= 11 is 2.83. The van der Waals surface area contributed by atoms with Gasteiger partial charge in [0.15, 0.2) is 0 Å². The lowest BCUT2D eigenvalue weighted by atomic mass is 10.1. The van der Waals surface area contributed by atoms with Gasteiger partial charge in [0.2, 0.25) is 0 Å². The third-order valence-corrected chi connectivity index (χ3v) is 7.59. The molecule has 0 spiro atoms. The molecule has 0 fully saturated rings. The van der Waals surface area contributed by atoms with Crippen LogP contribution in [0.5, 0.6) is 0 Å². The van der Waals surface area contributed by atoms with Crippen molar-refractivity contribution in [3.63, 3.8) is 0 Å². The van der Waals surface area contributed by atoms with E-state index in [1.165, 1.54) is 4.90 Å². The van der Waals surface area contributed by atoms with Gasteiger partial charge in [0.25, 0.3) is 15.9 Å². The van der Waals surface area contributed by atoms with Crippen molar-refractivity contribution in [1.29, 1.82) is 0 Å². The minimum absolute atomic E-state index is 0.124. The van der Waals surface area contributed by atoms with Gasteiger partial charge in [0.05, 0.1) is 0 Å². The molecule has 0 saturated carbocycles. The van der Waals surface area contributed by atoms with Crippen LogP contribution in [-0.2, 0) is 16.6 Å². The second kappa shape index (κ2) is 8.81. The summed E-state index contributed by atoms with van der Waals surface area (Å²) in [5.74, 6) is -0.124. The first-order valence-corrected chi connectivity index (χ1v) is 12.0. The molecule has 0 aliphatic rings. The van der Waals surface area contributed by atoms with E-state index in [0.717, 1.165) is 16.9 Å². The van der Waals surface area contributed by atoms with E-state index in [9.17, 15) is 13.2 Å². The Morgan fingerprint density at radius 2 is 1.75 bits per heavy atom. The minimum Gasteiger partial charge on any atom is -0.337 e. The number of carbonyl (C=O) groups excluding carboxylic acids is 1. The smallest absolute Gasteiger partial charge is 0.271 e. The van der Waals surface area contributed by atoms with Crippen LogP contribution in [0.2, 0.25) is 0 Å². The van der Waals surface area contributed by atoms with E-state index in [0.29, 0.717) is 17.8 Å². The lowest BCUT2D eigenvalue weighted by Gasteiger charge is -2.18. The molecule has 0 unspecified atom stereocenters. The molecule has 1 heterocycles. The van der Waals surface area contributed by atoms with Gasteiger partial charge in [0, 0.05) is 29.7 Å². The van der Waals surface area contributed by atoms with Crippen molar-refractivity contribution in [1.82, 2.24) is 4.90 Å². The molecule has 1 aromatic heterocycles. The Morgan fingerprint density at radius 1 is 1.07 bits per heavy atom. The van der Waals surface area contributed by atoms with Crippen molar-refractivity contribution in [2.75, 3.05) is 18.0 Å². The number of benzene rings is 2. The van der Waals surface area contributed by atoms with Gasteiger partial charge in [-0.1, -0.05) is 18.2 Å². The zero-order valence-corrected chi connectivity index (χ0v) is 17.9. The second-order valence-electron chi connectivity index (χ2n) is 6.12. The van der Waals surface area contributed by atoms with Crippen molar-refractivity contribution >= 4 is 44.7 Å². The molecule has 5 nitrogen and oxygen atoms in total. The monoisotopic (exact) mass is 432 g/mol. The number of amides is 1. The fraction of sp³-hybridized carbons (Fsp3) is 0.150. The number of hydrogen-bond donors (Lipinski definition) is 1. The van der Waals surface area contributed by atoms with Crippen LogP contribution < -0.4 is 4.72 Å². The predicted octanol–water partition coefficient (Wildman–Crippen LogP) is 4.54. The van der Waals surface area contributed by atoms with E-state index in [1.54, 1.807) is 65.5 Å². The van der Waals surface area contributed by atoms with Gasteiger partial charge < -0.3 is 4.90 Å². The number of rotatable bonds is 7. The van der Waals surface area contributed by atoms with Crippen molar-refractivity contribution in [2.24, 2.45) is 0 Å². The average Bonchev–Trinajstić information content (AvgIpc) is 3.24. The maximum Gasteiger partial charge on any atom is 0.271 e. The van der Waals surface area contributed by atoms with Crippen LogP contribution in [-0.4, -0.2) is 32.5 Å². The lowest BCUT2D eigenvalue weighted by Crippen LogP contribution is -2.26. The second-order valence-corrected chi connectivity index (χ2v) is 9.86. The van der Waals surface area contributed by atoms with Crippen molar-refractivity contribution in [3.8, 4) is 0 Å². The molecule has 3 aromatic rings. The van der Waals surface area contributed by atoms with Crippen LogP contribution >= 0.6 is 23.1 Å². The van der Waals surface area contributed by atoms with Crippen molar-refractivity contribution in [3.05, 3.63) is 77.2 Å². The normalized spacial score (nSPS) is 11.2. The van der Waals surface area contributed by atoms with Gasteiger partial charge in [-0.05, 0) is 59.7 Å².